The molecule has 0 aliphatic carbocycles. The number of carbonyl (C=O) groups excluding carboxylic acids is 1. The van der Waals surface area contributed by atoms with E-state index in [-0.39, 0.29) is 17.7 Å². The Labute approximate surface area is 172 Å². The van der Waals surface area contributed by atoms with Crippen LogP contribution in [0.15, 0.2) is 42.5 Å². The number of hydrogen-bond acceptors (Lipinski definition) is 3. The zero-order valence-electron chi connectivity index (χ0n) is 15.2. The van der Waals surface area contributed by atoms with E-state index in [2.05, 4.69) is 17.1 Å². The van der Waals surface area contributed by atoms with Crippen molar-refractivity contribution in [3.05, 3.63) is 69.3 Å². The van der Waals surface area contributed by atoms with Crippen LogP contribution in [0.3, 0.4) is 0 Å². The van der Waals surface area contributed by atoms with E-state index < -0.39 is 0 Å². The van der Waals surface area contributed by atoms with Crippen LogP contribution in [0, 0.1) is 0 Å². The lowest BCUT2D eigenvalue weighted by atomic mass is 9.95. The van der Waals surface area contributed by atoms with Crippen LogP contribution in [0.25, 0.3) is 11.3 Å². The van der Waals surface area contributed by atoms with Crippen LogP contribution in [-0.4, -0.2) is 32.7 Å². The molecule has 1 aromatic heterocycles. The SMILES string of the molecule is CCCCN1C(=O)c2[nH]nc(-c3cc(Cl)ccc3O)c2C1c1cccc(Cl)c1. The quantitative estimate of drug-likeness (QED) is 0.583. The van der Waals surface area contributed by atoms with Crippen LogP contribution in [0.4, 0.5) is 0 Å². The van der Waals surface area contributed by atoms with Gasteiger partial charge in [0.25, 0.3) is 5.91 Å². The molecule has 1 unspecified atom stereocenters. The Balaban J connectivity index is 1.91. The number of unbranched alkanes of at least 4 members (excludes halogenated alkanes) is 1. The number of aromatic nitrogens is 2. The summed E-state index contributed by atoms with van der Waals surface area (Å²) in [6.45, 7) is 2.71. The fraction of sp³-hybridized carbons (Fsp3) is 0.238. The van der Waals surface area contributed by atoms with Crippen molar-refractivity contribution in [3.8, 4) is 17.0 Å². The number of fused-ring (bicyclic) bond motifs is 1. The molecule has 1 amide bonds. The minimum absolute atomic E-state index is 0.0583. The molecule has 7 heteroatoms. The Morgan fingerprint density at radius 1 is 1.18 bits per heavy atom. The molecule has 0 bridgehead atoms. The van der Waals surface area contributed by atoms with Crippen LogP contribution in [-0.2, 0) is 0 Å². The first-order valence-electron chi connectivity index (χ1n) is 9.14. The molecule has 0 saturated heterocycles. The highest BCUT2D eigenvalue weighted by molar-refractivity contribution is 6.31. The van der Waals surface area contributed by atoms with E-state index in [1.165, 1.54) is 6.07 Å². The van der Waals surface area contributed by atoms with Gasteiger partial charge in [0.05, 0.1) is 6.04 Å². The Kier molecular flexibility index (Phi) is 5.04. The summed E-state index contributed by atoms with van der Waals surface area (Å²) < 4.78 is 0. The highest BCUT2D eigenvalue weighted by Crippen LogP contribution is 2.45. The molecular formula is C21H19Cl2N3O2. The van der Waals surface area contributed by atoms with E-state index in [0.717, 1.165) is 24.0 Å². The third-order valence-electron chi connectivity index (χ3n) is 4.99. The minimum Gasteiger partial charge on any atom is -0.507 e. The van der Waals surface area contributed by atoms with Gasteiger partial charge in [-0.05, 0) is 42.3 Å². The van der Waals surface area contributed by atoms with E-state index in [0.29, 0.717) is 33.5 Å². The van der Waals surface area contributed by atoms with E-state index in [1.807, 2.05) is 23.1 Å². The van der Waals surface area contributed by atoms with Crippen molar-refractivity contribution in [2.75, 3.05) is 6.54 Å². The van der Waals surface area contributed by atoms with Crippen LogP contribution >= 0.6 is 23.2 Å². The molecule has 0 saturated carbocycles. The van der Waals surface area contributed by atoms with E-state index >= 15 is 0 Å². The van der Waals surface area contributed by atoms with Crippen molar-refractivity contribution in [2.24, 2.45) is 0 Å². The Morgan fingerprint density at radius 3 is 2.71 bits per heavy atom. The molecule has 5 nitrogen and oxygen atoms in total. The van der Waals surface area contributed by atoms with E-state index in [9.17, 15) is 9.90 Å². The summed E-state index contributed by atoms with van der Waals surface area (Å²) in [6.07, 6.45) is 1.86. The monoisotopic (exact) mass is 415 g/mol. The number of aromatic hydroxyl groups is 1. The Morgan fingerprint density at radius 2 is 1.96 bits per heavy atom. The Hall–Kier alpha value is -2.50. The lowest BCUT2D eigenvalue weighted by molar-refractivity contribution is 0.0741. The third-order valence-corrected chi connectivity index (χ3v) is 5.46. The summed E-state index contributed by atoms with van der Waals surface area (Å²) in [5, 5.41) is 18.7. The first-order valence-corrected chi connectivity index (χ1v) is 9.90. The number of hydrogen-bond donors (Lipinski definition) is 2. The predicted octanol–water partition coefficient (Wildman–Crippen LogP) is 5.43. The number of H-pyrrole nitrogens is 1. The maximum atomic E-state index is 13.1. The highest BCUT2D eigenvalue weighted by Gasteiger charge is 2.42. The molecule has 144 valence electrons. The van der Waals surface area contributed by atoms with Crippen molar-refractivity contribution >= 4 is 29.1 Å². The molecule has 1 aliphatic heterocycles. The molecule has 2 N–H and O–H groups in total. The zero-order valence-corrected chi connectivity index (χ0v) is 16.8. The fourth-order valence-electron chi connectivity index (χ4n) is 3.68. The largest absolute Gasteiger partial charge is 0.507 e. The number of phenolic OH excluding ortho intramolecular Hbond substituents is 1. The van der Waals surface area contributed by atoms with Crippen molar-refractivity contribution in [2.45, 2.75) is 25.8 Å². The molecule has 1 atom stereocenters. The molecule has 1 aliphatic rings. The topological polar surface area (TPSA) is 69.2 Å². The maximum Gasteiger partial charge on any atom is 0.273 e. The van der Waals surface area contributed by atoms with Gasteiger partial charge in [-0.1, -0.05) is 48.7 Å². The van der Waals surface area contributed by atoms with Gasteiger partial charge < -0.3 is 10.0 Å². The van der Waals surface area contributed by atoms with Crippen LogP contribution in [0.1, 0.15) is 47.4 Å². The molecule has 0 radical (unpaired) electrons. The van der Waals surface area contributed by atoms with Gasteiger partial charge in [-0.2, -0.15) is 5.10 Å². The van der Waals surface area contributed by atoms with Crippen molar-refractivity contribution in [1.82, 2.24) is 15.1 Å². The molecule has 2 aromatic carbocycles. The lowest BCUT2D eigenvalue weighted by Crippen LogP contribution is -2.30. The van der Waals surface area contributed by atoms with Gasteiger partial charge in [0.1, 0.15) is 17.1 Å². The van der Waals surface area contributed by atoms with Crippen molar-refractivity contribution in [3.63, 3.8) is 0 Å². The van der Waals surface area contributed by atoms with E-state index in [1.54, 1.807) is 18.2 Å². The van der Waals surface area contributed by atoms with E-state index in [4.69, 9.17) is 23.2 Å². The standard InChI is InChI=1S/C21H19Cl2N3O2/c1-2-3-9-26-20(12-5-4-6-13(22)10-12)17-18(24-25-19(17)21(26)28)15-11-14(23)7-8-16(15)27/h4-8,10-11,20,27H,2-3,9H2,1H3,(H,24,25). The second kappa shape index (κ2) is 7.49. The normalized spacial score (nSPS) is 15.9. The van der Waals surface area contributed by atoms with Gasteiger partial charge in [-0.25, -0.2) is 0 Å². The number of aromatic amines is 1. The molecule has 0 spiro atoms. The first-order chi connectivity index (χ1) is 13.5. The molecule has 2 heterocycles. The summed E-state index contributed by atoms with van der Waals surface area (Å²) in [5.41, 5.74) is 3.09. The Bertz CT molecular complexity index is 1050. The number of nitrogens with zero attached hydrogens (tertiary/aromatic N) is 2. The summed E-state index contributed by atoms with van der Waals surface area (Å²) in [7, 11) is 0. The summed E-state index contributed by atoms with van der Waals surface area (Å²) in [6, 6.07) is 11.9. The van der Waals surface area contributed by atoms with Gasteiger partial charge in [-0.3, -0.25) is 9.89 Å². The van der Waals surface area contributed by atoms with Gasteiger partial charge in [-0.15, -0.1) is 0 Å². The molecule has 4 rings (SSSR count). The number of amides is 1. The number of halogens is 2. The average molecular weight is 416 g/mol. The summed E-state index contributed by atoms with van der Waals surface area (Å²) in [4.78, 5) is 14.9. The molecule has 28 heavy (non-hydrogen) atoms. The van der Waals surface area contributed by atoms with Gasteiger partial charge in [0.15, 0.2) is 0 Å². The average Bonchev–Trinajstić information content (AvgIpc) is 3.21. The first kappa shape index (κ1) is 18.8. The molecule has 3 aromatic rings. The van der Waals surface area contributed by atoms with Gasteiger partial charge in [0.2, 0.25) is 0 Å². The number of nitrogens with one attached hydrogen (secondary N) is 1. The number of rotatable bonds is 5. The van der Waals surface area contributed by atoms with Crippen molar-refractivity contribution in [1.29, 1.82) is 0 Å². The second-order valence-electron chi connectivity index (χ2n) is 6.83. The number of phenols is 1. The number of carbonyl (C=O) groups is 1. The smallest absolute Gasteiger partial charge is 0.273 e. The van der Waals surface area contributed by atoms with Crippen LogP contribution < -0.4 is 0 Å². The summed E-state index contributed by atoms with van der Waals surface area (Å²) in [5.74, 6) is -0.0447. The maximum absolute atomic E-state index is 13.1. The van der Waals surface area contributed by atoms with Gasteiger partial charge in [0, 0.05) is 27.7 Å². The minimum atomic E-state index is -0.333. The fourth-order valence-corrected chi connectivity index (χ4v) is 4.05. The predicted molar refractivity (Wildman–Crippen MR) is 110 cm³/mol. The lowest BCUT2D eigenvalue weighted by Gasteiger charge is -2.26. The van der Waals surface area contributed by atoms with Crippen LogP contribution in [0.2, 0.25) is 10.0 Å². The summed E-state index contributed by atoms with van der Waals surface area (Å²) >= 11 is 12.4. The molecule has 0 fully saturated rings. The van der Waals surface area contributed by atoms with Crippen LogP contribution in [0.5, 0.6) is 5.75 Å². The number of benzene rings is 2. The molecular weight excluding hydrogens is 397 g/mol. The second-order valence-corrected chi connectivity index (χ2v) is 7.70. The third kappa shape index (κ3) is 3.15. The zero-order chi connectivity index (χ0) is 19.8. The van der Waals surface area contributed by atoms with Gasteiger partial charge >= 0.3 is 0 Å². The van der Waals surface area contributed by atoms with Crippen molar-refractivity contribution < 1.29 is 9.90 Å². The highest BCUT2D eigenvalue weighted by atomic mass is 35.5.